The molecule has 4 amide bonds. The molecule has 16 heteroatoms. The van der Waals surface area contributed by atoms with Crippen molar-refractivity contribution in [3.63, 3.8) is 0 Å². The number of aromatic amines is 1. The molecule has 0 atom stereocenters. The van der Waals surface area contributed by atoms with E-state index in [-0.39, 0.29) is 60.8 Å². The van der Waals surface area contributed by atoms with Crippen LogP contribution in [0.1, 0.15) is 80.5 Å². The Hall–Kier alpha value is -5.41. The minimum absolute atomic E-state index is 0.0224. The van der Waals surface area contributed by atoms with Gasteiger partial charge in [0.25, 0.3) is 23.6 Å². The van der Waals surface area contributed by atoms with Gasteiger partial charge < -0.3 is 41.9 Å². The van der Waals surface area contributed by atoms with Crippen molar-refractivity contribution in [3.05, 3.63) is 53.4 Å². The third-order valence-electron chi connectivity index (χ3n) is 7.49. The Morgan fingerprint density at radius 1 is 0.756 bits per heavy atom. The minimum Gasteiger partial charge on any atom is -0.388 e. The fraction of sp³-hybridized carbons (Fsp3) is 0.414. The van der Waals surface area contributed by atoms with Crippen LogP contribution in [-0.4, -0.2) is 67.7 Å². The summed E-state index contributed by atoms with van der Waals surface area (Å²) in [5.41, 5.74) is 12.3. The molecular weight excluding hydrogens is 580 g/mol. The average molecular weight is 619 g/mol. The Morgan fingerprint density at radius 3 is 1.67 bits per heavy atom. The molecule has 0 saturated heterocycles. The summed E-state index contributed by atoms with van der Waals surface area (Å²) in [6.07, 6.45) is 8.15. The SMILES string of the molecule is N=C(N)CCNC(=O)c1cc(NC(=O)c2cc(C(=O)Nc3cc(C(=O)NCCC(=N)N)n(CC4CC4)c3)[nH]n2)cn1CC1CC1. The van der Waals surface area contributed by atoms with E-state index in [0.29, 0.717) is 47.7 Å². The zero-order valence-electron chi connectivity index (χ0n) is 24.7. The van der Waals surface area contributed by atoms with Crippen LogP contribution in [-0.2, 0) is 13.1 Å². The van der Waals surface area contributed by atoms with E-state index in [1.54, 1.807) is 33.7 Å². The maximum absolute atomic E-state index is 13.0. The van der Waals surface area contributed by atoms with Gasteiger partial charge in [0, 0.05) is 57.5 Å². The van der Waals surface area contributed by atoms with E-state index in [2.05, 4.69) is 31.5 Å². The Bertz CT molecular complexity index is 1510. The van der Waals surface area contributed by atoms with E-state index in [9.17, 15) is 19.2 Å². The van der Waals surface area contributed by atoms with E-state index < -0.39 is 11.8 Å². The number of H-pyrrole nitrogens is 1. The van der Waals surface area contributed by atoms with Gasteiger partial charge in [-0.25, -0.2) is 0 Å². The van der Waals surface area contributed by atoms with E-state index >= 15 is 0 Å². The fourth-order valence-corrected chi connectivity index (χ4v) is 4.75. The number of amidine groups is 2. The lowest BCUT2D eigenvalue weighted by Gasteiger charge is -2.08. The first-order chi connectivity index (χ1) is 21.5. The smallest absolute Gasteiger partial charge is 0.276 e. The van der Waals surface area contributed by atoms with Crippen LogP contribution in [0.4, 0.5) is 11.4 Å². The van der Waals surface area contributed by atoms with E-state index in [1.807, 2.05) is 0 Å². The molecule has 0 bridgehead atoms. The van der Waals surface area contributed by atoms with Crippen molar-refractivity contribution in [1.29, 1.82) is 10.8 Å². The zero-order valence-corrected chi connectivity index (χ0v) is 24.7. The molecule has 2 fully saturated rings. The van der Waals surface area contributed by atoms with Crippen LogP contribution in [0, 0.1) is 22.7 Å². The zero-order chi connectivity index (χ0) is 32.1. The first kappa shape index (κ1) is 31.0. The van der Waals surface area contributed by atoms with Gasteiger partial charge >= 0.3 is 0 Å². The normalized spacial score (nSPS) is 14.0. The predicted octanol–water partition coefficient (Wildman–Crippen LogP) is 1.45. The maximum Gasteiger partial charge on any atom is 0.276 e. The van der Waals surface area contributed by atoms with Gasteiger partial charge in [0.05, 0.1) is 23.0 Å². The number of anilines is 2. The summed E-state index contributed by atoms with van der Waals surface area (Å²) in [6, 6.07) is 4.47. The number of carbonyl (C=O) groups excluding carboxylic acids is 4. The molecule has 0 aliphatic heterocycles. The summed E-state index contributed by atoms with van der Waals surface area (Å²) in [5, 5.41) is 32.2. The molecule has 2 aliphatic rings. The molecule has 3 aromatic heterocycles. The van der Waals surface area contributed by atoms with Crippen molar-refractivity contribution >= 4 is 46.7 Å². The molecular formula is C29H38N12O4. The van der Waals surface area contributed by atoms with Crippen molar-refractivity contribution in [1.82, 2.24) is 30.0 Å². The number of hydrogen-bond acceptors (Lipinski definition) is 7. The second-order valence-electron chi connectivity index (χ2n) is 11.6. The van der Waals surface area contributed by atoms with E-state index in [4.69, 9.17) is 22.3 Å². The Balaban J connectivity index is 1.22. The number of amides is 4. The maximum atomic E-state index is 13.0. The minimum atomic E-state index is -0.572. The predicted molar refractivity (Wildman–Crippen MR) is 167 cm³/mol. The molecule has 11 N–H and O–H groups in total. The van der Waals surface area contributed by atoms with Crippen molar-refractivity contribution < 1.29 is 19.2 Å². The van der Waals surface area contributed by atoms with Crippen LogP contribution in [0.3, 0.4) is 0 Å². The lowest BCUT2D eigenvalue weighted by atomic mass is 10.3. The van der Waals surface area contributed by atoms with Crippen LogP contribution >= 0.6 is 0 Å². The van der Waals surface area contributed by atoms with Crippen LogP contribution in [0.5, 0.6) is 0 Å². The largest absolute Gasteiger partial charge is 0.388 e. The van der Waals surface area contributed by atoms with Crippen molar-refractivity contribution in [2.75, 3.05) is 23.7 Å². The van der Waals surface area contributed by atoms with Gasteiger partial charge in [-0.15, -0.1) is 0 Å². The molecule has 2 saturated carbocycles. The summed E-state index contributed by atoms with van der Waals surface area (Å²) in [6.45, 7) is 1.74. The molecule has 0 spiro atoms. The quantitative estimate of drug-likeness (QED) is 0.0842. The molecule has 3 heterocycles. The first-order valence-corrected chi connectivity index (χ1v) is 14.9. The highest BCUT2D eigenvalue weighted by Crippen LogP contribution is 2.33. The molecule has 2 aliphatic carbocycles. The van der Waals surface area contributed by atoms with Gasteiger partial charge in [0.1, 0.15) is 17.1 Å². The van der Waals surface area contributed by atoms with Gasteiger partial charge in [0.2, 0.25) is 0 Å². The number of hydrogen-bond donors (Lipinski definition) is 9. The number of nitrogens with one attached hydrogen (secondary N) is 7. The first-order valence-electron chi connectivity index (χ1n) is 14.9. The van der Waals surface area contributed by atoms with Crippen LogP contribution in [0.25, 0.3) is 0 Å². The van der Waals surface area contributed by atoms with Crippen molar-refractivity contribution in [2.45, 2.75) is 51.6 Å². The molecule has 5 rings (SSSR count). The van der Waals surface area contributed by atoms with Gasteiger partial charge in [-0.1, -0.05) is 0 Å². The van der Waals surface area contributed by atoms with Crippen LogP contribution < -0.4 is 32.7 Å². The summed E-state index contributed by atoms with van der Waals surface area (Å²) in [4.78, 5) is 51.6. The number of aromatic nitrogens is 4. The molecule has 0 aromatic carbocycles. The molecule has 3 aromatic rings. The molecule has 45 heavy (non-hydrogen) atoms. The van der Waals surface area contributed by atoms with Gasteiger partial charge in [-0.2, -0.15) is 5.10 Å². The van der Waals surface area contributed by atoms with E-state index in [1.165, 1.54) is 6.07 Å². The van der Waals surface area contributed by atoms with Gasteiger partial charge in [0.15, 0.2) is 5.69 Å². The van der Waals surface area contributed by atoms with Gasteiger partial charge in [-0.05, 0) is 49.7 Å². The van der Waals surface area contributed by atoms with Gasteiger partial charge in [-0.3, -0.25) is 35.1 Å². The summed E-state index contributed by atoms with van der Waals surface area (Å²) in [7, 11) is 0. The summed E-state index contributed by atoms with van der Waals surface area (Å²) >= 11 is 0. The number of nitrogens with two attached hydrogens (primary N) is 2. The average Bonchev–Trinajstić information content (AvgIpc) is 3.83. The standard InChI is InChI=1S/C29H38N12O4/c30-24(31)5-7-34-28(44)22-9-18(14-40(22)12-16-1-2-16)36-26(42)20-11-21(39-38-20)27(43)37-19-10-23(29(45)35-8-6-25(32)33)41(15-19)13-17-3-4-17/h9-11,14-17H,1-8,12-13H2,(H3,30,31)(H3,32,33)(H,34,44)(H,35,45)(H,36,42)(H,37,43)(H,38,39). The fourth-order valence-electron chi connectivity index (χ4n) is 4.75. The monoisotopic (exact) mass is 618 g/mol. The van der Waals surface area contributed by atoms with Crippen molar-refractivity contribution in [2.24, 2.45) is 23.3 Å². The summed E-state index contributed by atoms with van der Waals surface area (Å²) in [5.74, 6) is -0.886. The molecule has 16 nitrogen and oxygen atoms in total. The second-order valence-corrected chi connectivity index (χ2v) is 11.6. The second kappa shape index (κ2) is 13.5. The molecule has 0 unspecified atom stereocenters. The van der Waals surface area contributed by atoms with Crippen LogP contribution in [0.15, 0.2) is 30.6 Å². The van der Waals surface area contributed by atoms with Crippen LogP contribution in [0.2, 0.25) is 0 Å². The Labute approximate surface area is 258 Å². The van der Waals surface area contributed by atoms with Crippen molar-refractivity contribution in [3.8, 4) is 0 Å². The third-order valence-corrected chi connectivity index (χ3v) is 7.49. The highest BCUT2D eigenvalue weighted by Gasteiger charge is 2.26. The highest BCUT2D eigenvalue weighted by atomic mass is 16.2. The molecule has 0 radical (unpaired) electrons. The Morgan fingerprint density at radius 2 is 1.22 bits per heavy atom. The lowest BCUT2D eigenvalue weighted by molar-refractivity contribution is 0.0937. The highest BCUT2D eigenvalue weighted by molar-refractivity contribution is 6.08. The third kappa shape index (κ3) is 8.58. The molecule has 238 valence electrons. The number of carbonyl (C=O) groups is 4. The number of rotatable bonds is 16. The summed E-state index contributed by atoms with van der Waals surface area (Å²) < 4.78 is 3.60. The topological polar surface area (TPSA) is 255 Å². The lowest BCUT2D eigenvalue weighted by Crippen LogP contribution is -2.29. The Kier molecular flexibility index (Phi) is 9.30. The number of nitrogens with zero attached hydrogens (tertiary/aromatic N) is 3. The van der Waals surface area contributed by atoms with E-state index in [0.717, 1.165) is 25.7 Å².